The number of hydrogen-bond acceptors (Lipinski definition) is 2. The molecule has 92 valence electrons. The monoisotopic (exact) mass is 233 g/mol. The fourth-order valence-corrected chi connectivity index (χ4v) is 2.05. The second-order valence-electron chi connectivity index (χ2n) is 4.59. The van der Waals surface area contributed by atoms with Crippen LogP contribution < -0.4 is 5.32 Å². The largest absolute Gasteiger partial charge is 0.379 e. The number of para-hydroxylation sites is 1. The summed E-state index contributed by atoms with van der Waals surface area (Å²) < 4.78 is 5.18. The Kier molecular flexibility index (Phi) is 3.48. The van der Waals surface area contributed by atoms with Crippen LogP contribution in [0.4, 0.5) is 5.69 Å². The van der Waals surface area contributed by atoms with Gasteiger partial charge in [0.15, 0.2) is 0 Å². The number of rotatable bonds is 4. The Bertz CT molecular complexity index is 405. The van der Waals surface area contributed by atoms with Gasteiger partial charge in [0.2, 0.25) is 5.91 Å². The highest BCUT2D eigenvalue weighted by Gasteiger charge is 2.44. The van der Waals surface area contributed by atoms with Crippen molar-refractivity contribution < 1.29 is 9.53 Å². The predicted molar refractivity (Wildman–Crippen MR) is 68.0 cm³/mol. The van der Waals surface area contributed by atoms with Crippen molar-refractivity contribution in [2.24, 2.45) is 5.41 Å². The van der Waals surface area contributed by atoms with Gasteiger partial charge in [-0.05, 0) is 24.5 Å². The Morgan fingerprint density at radius 2 is 2.06 bits per heavy atom. The summed E-state index contributed by atoms with van der Waals surface area (Å²) >= 11 is 0. The minimum absolute atomic E-state index is 0.0900. The van der Waals surface area contributed by atoms with E-state index in [4.69, 9.17) is 4.74 Å². The van der Waals surface area contributed by atoms with Crippen molar-refractivity contribution in [3.63, 3.8) is 0 Å². The first kappa shape index (κ1) is 12.1. The molecule has 1 saturated heterocycles. The molecule has 0 atom stereocenters. The van der Waals surface area contributed by atoms with Crippen molar-refractivity contribution in [1.82, 2.24) is 0 Å². The van der Waals surface area contributed by atoms with Gasteiger partial charge in [-0.1, -0.05) is 32.0 Å². The number of hydrogen-bond donors (Lipinski definition) is 1. The molecular weight excluding hydrogens is 214 g/mol. The van der Waals surface area contributed by atoms with E-state index in [2.05, 4.69) is 12.2 Å². The number of amides is 1. The third-order valence-corrected chi connectivity index (χ3v) is 3.56. The quantitative estimate of drug-likeness (QED) is 0.868. The zero-order chi connectivity index (χ0) is 12.3. The Morgan fingerprint density at radius 1 is 1.35 bits per heavy atom. The predicted octanol–water partition coefficient (Wildman–Crippen LogP) is 2.61. The summed E-state index contributed by atoms with van der Waals surface area (Å²) in [5.41, 5.74) is 1.80. The van der Waals surface area contributed by atoms with Crippen LogP contribution in [0.2, 0.25) is 0 Å². The third-order valence-electron chi connectivity index (χ3n) is 3.56. The lowest BCUT2D eigenvalue weighted by molar-refractivity contribution is -0.156. The van der Waals surface area contributed by atoms with Crippen molar-refractivity contribution in [1.29, 1.82) is 0 Å². The van der Waals surface area contributed by atoms with Crippen LogP contribution in [0.25, 0.3) is 0 Å². The van der Waals surface area contributed by atoms with Crippen LogP contribution in [0.5, 0.6) is 0 Å². The maximum Gasteiger partial charge on any atom is 0.235 e. The standard InChI is InChI=1S/C14H19NO2/c1-3-11-7-5-6-8-12(11)15-13(16)14(4-2)9-17-10-14/h5-8H,3-4,9-10H2,1-2H3,(H,15,16). The fourth-order valence-electron chi connectivity index (χ4n) is 2.05. The molecule has 17 heavy (non-hydrogen) atoms. The SMILES string of the molecule is CCc1ccccc1NC(=O)C1(CC)COC1. The highest BCUT2D eigenvalue weighted by molar-refractivity contribution is 5.96. The lowest BCUT2D eigenvalue weighted by Crippen LogP contribution is -2.51. The molecule has 0 spiro atoms. The average Bonchev–Trinajstić information content (AvgIpc) is 2.29. The summed E-state index contributed by atoms with van der Waals surface area (Å²) in [5.74, 6) is 0.0900. The first-order chi connectivity index (χ1) is 8.22. The first-order valence-corrected chi connectivity index (χ1v) is 6.19. The van der Waals surface area contributed by atoms with E-state index in [0.29, 0.717) is 13.2 Å². The molecule has 1 N–H and O–H groups in total. The summed E-state index contributed by atoms with van der Waals surface area (Å²) in [4.78, 5) is 12.2. The van der Waals surface area contributed by atoms with Crippen LogP contribution in [-0.2, 0) is 16.0 Å². The summed E-state index contributed by atoms with van der Waals surface area (Å²) in [7, 11) is 0. The highest BCUT2D eigenvalue weighted by Crippen LogP contribution is 2.33. The van der Waals surface area contributed by atoms with E-state index in [1.165, 1.54) is 5.56 Å². The number of carbonyl (C=O) groups excluding carboxylic acids is 1. The van der Waals surface area contributed by atoms with E-state index in [9.17, 15) is 4.79 Å². The maximum atomic E-state index is 12.2. The van der Waals surface area contributed by atoms with Gasteiger partial charge in [-0.15, -0.1) is 0 Å². The molecule has 1 aliphatic heterocycles. The maximum absolute atomic E-state index is 12.2. The summed E-state index contributed by atoms with van der Waals surface area (Å²) in [6, 6.07) is 7.95. The van der Waals surface area contributed by atoms with Crippen molar-refractivity contribution in [3.8, 4) is 0 Å². The molecule has 3 nitrogen and oxygen atoms in total. The van der Waals surface area contributed by atoms with E-state index in [0.717, 1.165) is 18.5 Å². The van der Waals surface area contributed by atoms with Crippen molar-refractivity contribution in [3.05, 3.63) is 29.8 Å². The van der Waals surface area contributed by atoms with Crippen molar-refractivity contribution >= 4 is 11.6 Å². The van der Waals surface area contributed by atoms with Gasteiger partial charge < -0.3 is 10.1 Å². The van der Waals surface area contributed by atoms with Crippen LogP contribution in [-0.4, -0.2) is 19.1 Å². The lowest BCUT2D eigenvalue weighted by Gasteiger charge is -2.39. The average molecular weight is 233 g/mol. The molecule has 1 aromatic carbocycles. The van der Waals surface area contributed by atoms with Crippen LogP contribution in [0.15, 0.2) is 24.3 Å². The molecule has 1 fully saturated rings. The second kappa shape index (κ2) is 4.88. The van der Waals surface area contributed by atoms with E-state index in [1.807, 2.05) is 31.2 Å². The third kappa shape index (κ3) is 2.20. The minimum Gasteiger partial charge on any atom is -0.379 e. The molecule has 1 aliphatic rings. The zero-order valence-corrected chi connectivity index (χ0v) is 10.5. The van der Waals surface area contributed by atoms with Gasteiger partial charge in [0.25, 0.3) is 0 Å². The van der Waals surface area contributed by atoms with E-state index in [1.54, 1.807) is 0 Å². The number of nitrogens with one attached hydrogen (secondary N) is 1. The molecular formula is C14H19NO2. The van der Waals surface area contributed by atoms with Crippen molar-refractivity contribution in [2.75, 3.05) is 18.5 Å². The number of anilines is 1. The molecule has 0 bridgehead atoms. The van der Waals surface area contributed by atoms with E-state index >= 15 is 0 Å². The molecule has 0 unspecified atom stereocenters. The van der Waals surface area contributed by atoms with Gasteiger partial charge in [-0.2, -0.15) is 0 Å². The van der Waals surface area contributed by atoms with E-state index < -0.39 is 0 Å². The molecule has 0 saturated carbocycles. The van der Waals surface area contributed by atoms with Crippen LogP contribution in [0.3, 0.4) is 0 Å². The topological polar surface area (TPSA) is 38.3 Å². The van der Waals surface area contributed by atoms with Gasteiger partial charge in [0.05, 0.1) is 18.6 Å². The van der Waals surface area contributed by atoms with Gasteiger partial charge in [0.1, 0.15) is 0 Å². The Balaban J connectivity index is 2.12. The summed E-state index contributed by atoms with van der Waals surface area (Å²) in [6.45, 7) is 5.22. The van der Waals surface area contributed by atoms with Crippen LogP contribution in [0, 0.1) is 5.41 Å². The zero-order valence-electron chi connectivity index (χ0n) is 10.5. The van der Waals surface area contributed by atoms with Crippen molar-refractivity contribution in [2.45, 2.75) is 26.7 Å². The van der Waals surface area contributed by atoms with Gasteiger partial charge in [-0.25, -0.2) is 0 Å². The lowest BCUT2D eigenvalue weighted by atomic mass is 9.82. The summed E-state index contributed by atoms with van der Waals surface area (Å²) in [6.07, 6.45) is 1.75. The normalized spacial score (nSPS) is 17.3. The van der Waals surface area contributed by atoms with E-state index in [-0.39, 0.29) is 11.3 Å². The molecule has 2 rings (SSSR count). The number of carbonyl (C=O) groups is 1. The first-order valence-electron chi connectivity index (χ1n) is 6.19. The minimum atomic E-state index is -0.305. The molecule has 1 heterocycles. The van der Waals surface area contributed by atoms with Crippen LogP contribution in [0.1, 0.15) is 25.8 Å². The second-order valence-corrected chi connectivity index (χ2v) is 4.59. The smallest absolute Gasteiger partial charge is 0.235 e. The molecule has 3 heteroatoms. The fraction of sp³-hybridized carbons (Fsp3) is 0.500. The highest BCUT2D eigenvalue weighted by atomic mass is 16.5. The Labute approximate surface area is 102 Å². The molecule has 0 aromatic heterocycles. The number of benzene rings is 1. The van der Waals surface area contributed by atoms with Gasteiger partial charge in [0, 0.05) is 5.69 Å². The molecule has 0 radical (unpaired) electrons. The molecule has 1 aromatic rings. The van der Waals surface area contributed by atoms with Gasteiger partial charge >= 0.3 is 0 Å². The molecule has 1 amide bonds. The number of aryl methyl sites for hydroxylation is 1. The molecule has 0 aliphatic carbocycles. The summed E-state index contributed by atoms with van der Waals surface area (Å²) in [5, 5.41) is 3.04. The number of ether oxygens (including phenoxy) is 1. The Morgan fingerprint density at radius 3 is 2.59 bits per heavy atom. The van der Waals surface area contributed by atoms with Gasteiger partial charge in [-0.3, -0.25) is 4.79 Å². The van der Waals surface area contributed by atoms with Crippen LogP contribution >= 0.6 is 0 Å². The Hall–Kier alpha value is -1.35.